The number of aromatic nitrogens is 1. The van der Waals surface area contributed by atoms with Crippen molar-refractivity contribution < 1.29 is 24.2 Å². The molecule has 3 rings (SSSR count). The average Bonchev–Trinajstić information content (AvgIpc) is 2.74. The van der Waals surface area contributed by atoms with Gasteiger partial charge in [0.05, 0.1) is 35.0 Å². The van der Waals surface area contributed by atoms with Gasteiger partial charge in [-0.2, -0.15) is 0 Å². The van der Waals surface area contributed by atoms with Crippen molar-refractivity contribution in [1.82, 2.24) is 4.98 Å². The molecule has 1 aliphatic rings. The Labute approximate surface area is 178 Å². The number of nitrogens with zero attached hydrogens (tertiary/aromatic N) is 2. The first kappa shape index (κ1) is 21.6. The standard InChI is InChI=1S/C21H22ClN3O5/c1-2-30-21(29)13-7-9-25(10-8-13)18-16(20(27)28)11-14(12-23-18)24-19(26)15-5-3-4-6-17(15)22/h3-6,11-13H,2,7-10H2,1H3,(H,24,26)(H,27,28). The highest BCUT2D eigenvalue weighted by molar-refractivity contribution is 6.34. The number of halogens is 1. The number of carbonyl (C=O) groups is 3. The Morgan fingerprint density at radius 1 is 1.23 bits per heavy atom. The Hall–Kier alpha value is -3.13. The van der Waals surface area contributed by atoms with E-state index in [2.05, 4.69) is 10.3 Å². The number of carboxylic acid groups (broad SMARTS) is 1. The summed E-state index contributed by atoms with van der Waals surface area (Å²) in [6.07, 6.45) is 2.53. The van der Waals surface area contributed by atoms with Gasteiger partial charge in [0.1, 0.15) is 11.4 Å². The largest absolute Gasteiger partial charge is 0.478 e. The summed E-state index contributed by atoms with van der Waals surface area (Å²) in [5.41, 5.74) is 0.505. The third kappa shape index (κ3) is 4.88. The molecule has 158 valence electrons. The molecular formula is C21H22ClN3O5. The Morgan fingerprint density at radius 3 is 2.57 bits per heavy atom. The summed E-state index contributed by atoms with van der Waals surface area (Å²) in [5.74, 6) is -1.72. The Bertz CT molecular complexity index is 957. The first-order chi connectivity index (χ1) is 14.4. The van der Waals surface area contributed by atoms with Crippen LogP contribution in [0, 0.1) is 5.92 Å². The van der Waals surface area contributed by atoms with Gasteiger partial charge >= 0.3 is 11.9 Å². The lowest BCUT2D eigenvalue weighted by Crippen LogP contribution is -2.38. The minimum atomic E-state index is -1.15. The molecular weight excluding hydrogens is 410 g/mol. The van der Waals surface area contributed by atoms with Crippen LogP contribution < -0.4 is 10.2 Å². The van der Waals surface area contributed by atoms with Gasteiger partial charge in [0.15, 0.2) is 0 Å². The van der Waals surface area contributed by atoms with E-state index in [9.17, 15) is 19.5 Å². The van der Waals surface area contributed by atoms with Gasteiger partial charge in [0, 0.05) is 13.1 Å². The second kappa shape index (κ2) is 9.58. The predicted molar refractivity (Wildman–Crippen MR) is 112 cm³/mol. The second-order valence-corrected chi connectivity index (χ2v) is 7.25. The lowest BCUT2D eigenvalue weighted by molar-refractivity contribution is -0.148. The zero-order valence-electron chi connectivity index (χ0n) is 16.4. The van der Waals surface area contributed by atoms with Gasteiger partial charge < -0.3 is 20.1 Å². The summed E-state index contributed by atoms with van der Waals surface area (Å²) in [6, 6.07) is 7.94. The molecule has 2 heterocycles. The van der Waals surface area contributed by atoms with E-state index in [-0.39, 0.29) is 28.7 Å². The first-order valence-corrected chi connectivity index (χ1v) is 9.99. The zero-order valence-corrected chi connectivity index (χ0v) is 17.2. The van der Waals surface area contributed by atoms with Gasteiger partial charge in [-0.15, -0.1) is 0 Å². The minimum Gasteiger partial charge on any atom is -0.478 e. The van der Waals surface area contributed by atoms with Gasteiger partial charge in [-0.05, 0) is 38.0 Å². The molecule has 0 bridgehead atoms. The maximum absolute atomic E-state index is 12.4. The number of nitrogens with one attached hydrogen (secondary N) is 1. The molecule has 30 heavy (non-hydrogen) atoms. The quantitative estimate of drug-likeness (QED) is 0.674. The fraction of sp³-hybridized carbons (Fsp3) is 0.333. The van der Waals surface area contributed by atoms with Crippen LogP contribution in [0.4, 0.5) is 11.5 Å². The number of pyridine rings is 1. The normalized spacial score (nSPS) is 14.3. The lowest BCUT2D eigenvalue weighted by atomic mass is 9.96. The van der Waals surface area contributed by atoms with Crippen molar-refractivity contribution in [2.24, 2.45) is 5.92 Å². The predicted octanol–water partition coefficient (Wildman–Crippen LogP) is 3.47. The van der Waals surface area contributed by atoms with Crippen molar-refractivity contribution in [3.63, 3.8) is 0 Å². The molecule has 0 spiro atoms. The number of ether oxygens (including phenoxy) is 1. The molecule has 0 atom stereocenters. The first-order valence-electron chi connectivity index (χ1n) is 9.61. The maximum Gasteiger partial charge on any atom is 0.339 e. The number of benzene rings is 1. The number of anilines is 2. The van der Waals surface area contributed by atoms with Crippen LogP contribution in [0.1, 0.15) is 40.5 Å². The van der Waals surface area contributed by atoms with Crippen LogP contribution in [-0.4, -0.2) is 47.6 Å². The van der Waals surface area contributed by atoms with E-state index < -0.39 is 11.9 Å². The van der Waals surface area contributed by atoms with E-state index in [1.165, 1.54) is 12.3 Å². The van der Waals surface area contributed by atoms with E-state index in [1.807, 2.05) is 4.90 Å². The van der Waals surface area contributed by atoms with Crippen molar-refractivity contribution in [2.75, 3.05) is 29.9 Å². The Morgan fingerprint density at radius 2 is 1.93 bits per heavy atom. The molecule has 2 aromatic rings. The number of carbonyl (C=O) groups excluding carboxylic acids is 2. The van der Waals surface area contributed by atoms with Crippen molar-refractivity contribution in [1.29, 1.82) is 0 Å². The third-order valence-electron chi connectivity index (χ3n) is 4.89. The van der Waals surface area contributed by atoms with E-state index in [4.69, 9.17) is 16.3 Å². The second-order valence-electron chi connectivity index (χ2n) is 6.85. The van der Waals surface area contributed by atoms with Crippen molar-refractivity contribution in [3.8, 4) is 0 Å². The molecule has 1 aliphatic heterocycles. The van der Waals surface area contributed by atoms with Crippen LogP contribution in [0.25, 0.3) is 0 Å². The number of piperidine rings is 1. The fourth-order valence-corrected chi connectivity index (χ4v) is 3.59. The molecule has 0 aliphatic carbocycles. The molecule has 1 aromatic heterocycles. The molecule has 0 unspecified atom stereocenters. The molecule has 0 saturated carbocycles. The SMILES string of the molecule is CCOC(=O)C1CCN(c2ncc(NC(=O)c3ccccc3Cl)cc2C(=O)O)CC1. The highest BCUT2D eigenvalue weighted by Crippen LogP contribution is 2.27. The van der Waals surface area contributed by atoms with Crippen molar-refractivity contribution in [3.05, 3.63) is 52.7 Å². The van der Waals surface area contributed by atoms with Crippen LogP contribution >= 0.6 is 11.6 Å². The molecule has 1 fully saturated rings. The Kier molecular flexibility index (Phi) is 6.89. The number of rotatable bonds is 6. The maximum atomic E-state index is 12.4. The molecule has 1 aromatic carbocycles. The van der Waals surface area contributed by atoms with Crippen LogP contribution in [0.3, 0.4) is 0 Å². The molecule has 1 amide bonds. The van der Waals surface area contributed by atoms with Crippen LogP contribution in [0.5, 0.6) is 0 Å². The third-order valence-corrected chi connectivity index (χ3v) is 5.22. The lowest BCUT2D eigenvalue weighted by Gasteiger charge is -2.32. The zero-order chi connectivity index (χ0) is 21.7. The summed E-state index contributed by atoms with van der Waals surface area (Å²) in [4.78, 5) is 42.3. The smallest absolute Gasteiger partial charge is 0.339 e. The van der Waals surface area contributed by atoms with Gasteiger partial charge in [-0.25, -0.2) is 9.78 Å². The highest BCUT2D eigenvalue weighted by Gasteiger charge is 2.28. The molecule has 1 saturated heterocycles. The van der Waals surface area contributed by atoms with Crippen molar-refractivity contribution >= 4 is 41.0 Å². The van der Waals surface area contributed by atoms with Crippen LogP contribution in [-0.2, 0) is 9.53 Å². The highest BCUT2D eigenvalue weighted by atomic mass is 35.5. The van der Waals surface area contributed by atoms with E-state index in [1.54, 1.807) is 31.2 Å². The summed E-state index contributed by atoms with van der Waals surface area (Å²) < 4.78 is 5.07. The number of amides is 1. The minimum absolute atomic E-state index is 0.0263. The van der Waals surface area contributed by atoms with Gasteiger partial charge in [-0.1, -0.05) is 23.7 Å². The summed E-state index contributed by atoms with van der Waals surface area (Å²) in [7, 11) is 0. The summed E-state index contributed by atoms with van der Waals surface area (Å²) in [5, 5.41) is 12.6. The van der Waals surface area contributed by atoms with Crippen molar-refractivity contribution in [2.45, 2.75) is 19.8 Å². The average molecular weight is 432 g/mol. The molecule has 8 nitrogen and oxygen atoms in total. The van der Waals surface area contributed by atoms with E-state index in [0.717, 1.165) is 0 Å². The summed E-state index contributed by atoms with van der Waals surface area (Å²) >= 11 is 6.04. The monoisotopic (exact) mass is 431 g/mol. The number of hydrogen-bond donors (Lipinski definition) is 2. The Balaban J connectivity index is 1.75. The topological polar surface area (TPSA) is 109 Å². The fourth-order valence-electron chi connectivity index (χ4n) is 3.37. The molecule has 0 radical (unpaired) electrons. The number of esters is 1. The number of aromatic carboxylic acids is 1. The van der Waals surface area contributed by atoms with Crippen LogP contribution in [0.2, 0.25) is 5.02 Å². The molecule has 9 heteroatoms. The number of hydrogen-bond acceptors (Lipinski definition) is 6. The van der Waals surface area contributed by atoms with Gasteiger partial charge in [-0.3, -0.25) is 9.59 Å². The molecule has 2 N–H and O–H groups in total. The van der Waals surface area contributed by atoms with Gasteiger partial charge in [0.25, 0.3) is 5.91 Å². The van der Waals surface area contributed by atoms with Crippen LogP contribution in [0.15, 0.2) is 36.5 Å². The summed E-state index contributed by atoms with van der Waals surface area (Å²) in [6.45, 7) is 3.08. The number of carboxylic acids is 1. The van der Waals surface area contributed by atoms with E-state index in [0.29, 0.717) is 43.4 Å². The van der Waals surface area contributed by atoms with Gasteiger partial charge in [0.2, 0.25) is 0 Å². The van der Waals surface area contributed by atoms with E-state index >= 15 is 0 Å².